The zero-order chi connectivity index (χ0) is 23.0. The summed E-state index contributed by atoms with van der Waals surface area (Å²) in [5.74, 6) is 0.838. The van der Waals surface area contributed by atoms with Gasteiger partial charge < -0.3 is 15.0 Å². The number of fused-ring (bicyclic) bond motifs is 1. The lowest BCUT2D eigenvalue weighted by molar-refractivity contribution is 0.413. The Morgan fingerprint density at radius 2 is 1.69 bits per heavy atom. The molecule has 0 saturated heterocycles. The van der Waals surface area contributed by atoms with Crippen LogP contribution in [0.3, 0.4) is 0 Å². The highest BCUT2D eigenvalue weighted by Crippen LogP contribution is 2.34. The van der Waals surface area contributed by atoms with E-state index in [1.807, 2.05) is 42.5 Å². The fraction of sp³-hybridized carbons (Fsp3) is 0.208. The van der Waals surface area contributed by atoms with Gasteiger partial charge in [0.1, 0.15) is 5.82 Å². The number of hydrogen-bond acceptors (Lipinski definition) is 7. The van der Waals surface area contributed by atoms with Crippen molar-refractivity contribution in [3.8, 4) is 22.5 Å². The van der Waals surface area contributed by atoms with Crippen LogP contribution >= 0.6 is 0 Å². The molecule has 4 rings (SSSR count). The Morgan fingerprint density at radius 1 is 1.00 bits per heavy atom. The molecule has 32 heavy (non-hydrogen) atoms. The van der Waals surface area contributed by atoms with Crippen molar-refractivity contribution in [3.05, 3.63) is 60.4 Å². The summed E-state index contributed by atoms with van der Waals surface area (Å²) in [6.45, 7) is 7.85. The number of nitrogens with zero attached hydrogens (tertiary/aromatic N) is 4. The molecule has 4 N–H and O–H groups in total. The molecule has 0 fully saturated rings. The topological polar surface area (TPSA) is 127 Å². The Morgan fingerprint density at radius 3 is 2.34 bits per heavy atom. The van der Waals surface area contributed by atoms with E-state index < -0.39 is 0 Å². The number of nitrogens with two attached hydrogens (primary N) is 1. The molecular formula is C24H25N7O. The smallest absolute Gasteiger partial charge is 0.221 e. The standard InChI is InChI=1S/C24H25N7O/c1-14(25)32-21(26)17-7-5-6-8-18(17)22-30-19-11-15(16-12-28-23(27)29-13-16)9-10-20(19)31(22)24(2,3)4/h5-13,25-26H,1-4H3,(H2,27,28,29). The van der Waals surface area contributed by atoms with Crippen LogP contribution < -0.4 is 5.73 Å². The Hall–Kier alpha value is -4.07. The first-order chi connectivity index (χ1) is 15.1. The van der Waals surface area contributed by atoms with Gasteiger partial charge in [0.15, 0.2) is 5.90 Å². The van der Waals surface area contributed by atoms with Crippen LogP contribution in [0.15, 0.2) is 54.9 Å². The van der Waals surface area contributed by atoms with Crippen LogP contribution in [-0.4, -0.2) is 31.3 Å². The molecule has 0 aliphatic rings. The highest BCUT2D eigenvalue weighted by Gasteiger charge is 2.25. The van der Waals surface area contributed by atoms with E-state index in [9.17, 15) is 0 Å². The van der Waals surface area contributed by atoms with E-state index in [0.29, 0.717) is 5.56 Å². The molecule has 0 aliphatic heterocycles. The Balaban J connectivity index is 1.93. The number of nitrogens with one attached hydrogen (secondary N) is 2. The summed E-state index contributed by atoms with van der Waals surface area (Å²) in [6.07, 6.45) is 3.39. The highest BCUT2D eigenvalue weighted by molar-refractivity contribution is 6.03. The van der Waals surface area contributed by atoms with Gasteiger partial charge in [-0.1, -0.05) is 24.3 Å². The second kappa shape index (κ2) is 7.88. The number of hydrogen-bond donors (Lipinski definition) is 3. The Labute approximate surface area is 186 Å². The molecule has 0 radical (unpaired) electrons. The van der Waals surface area contributed by atoms with E-state index in [-0.39, 0.29) is 23.3 Å². The summed E-state index contributed by atoms with van der Waals surface area (Å²) in [5, 5.41) is 15.9. The molecule has 0 bridgehead atoms. The number of imidazole rings is 1. The van der Waals surface area contributed by atoms with Gasteiger partial charge in [-0.2, -0.15) is 0 Å². The molecule has 2 aromatic carbocycles. The lowest BCUT2D eigenvalue weighted by Crippen LogP contribution is -2.23. The van der Waals surface area contributed by atoms with Crippen molar-refractivity contribution in [1.82, 2.24) is 19.5 Å². The number of benzene rings is 2. The summed E-state index contributed by atoms with van der Waals surface area (Å²) < 4.78 is 7.45. The number of rotatable bonds is 3. The Bertz CT molecular complexity index is 1330. The fourth-order valence-electron chi connectivity index (χ4n) is 3.69. The third kappa shape index (κ3) is 3.94. The molecule has 8 heteroatoms. The van der Waals surface area contributed by atoms with Gasteiger partial charge >= 0.3 is 0 Å². The van der Waals surface area contributed by atoms with Crippen molar-refractivity contribution in [2.45, 2.75) is 33.2 Å². The van der Waals surface area contributed by atoms with Crippen molar-refractivity contribution >= 4 is 28.8 Å². The monoisotopic (exact) mass is 427 g/mol. The summed E-state index contributed by atoms with van der Waals surface area (Å²) in [6, 6.07) is 13.5. The van der Waals surface area contributed by atoms with Crippen LogP contribution in [0.5, 0.6) is 0 Å². The molecule has 8 nitrogen and oxygen atoms in total. The lowest BCUT2D eigenvalue weighted by Gasteiger charge is -2.25. The van der Waals surface area contributed by atoms with E-state index >= 15 is 0 Å². The molecule has 0 amide bonds. The predicted octanol–water partition coefficient (Wildman–Crippen LogP) is 4.84. The van der Waals surface area contributed by atoms with Crippen molar-refractivity contribution in [2.75, 3.05) is 5.73 Å². The van der Waals surface area contributed by atoms with Gasteiger partial charge in [-0.15, -0.1) is 0 Å². The molecule has 4 aromatic rings. The van der Waals surface area contributed by atoms with E-state index in [0.717, 1.165) is 33.5 Å². The van der Waals surface area contributed by atoms with E-state index in [4.69, 9.17) is 26.3 Å². The van der Waals surface area contributed by atoms with Crippen molar-refractivity contribution < 1.29 is 4.74 Å². The molecule has 2 heterocycles. The molecule has 0 aliphatic carbocycles. The van der Waals surface area contributed by atoms with Gasteiger partial charge in [0.25, 0.3) is 0 Å². The average molecular weight is 428 g/mol. The maximum absolute atomic E-state index is 8.35. The van der Waals surface area contributed by atoms with Gasteiger partial charge in [0.2, 0.25) is 11.8 Å². The summed E-state index contributed by atoms with van der Waals surface area (Å²) in [5.41, 5.74) is 10.3. The average Bonchev–Trinajstić information content (AvgIpc) is 3.13. The van der Waals surface area contributed by atoms with Crippen LogP contribution in [0.2, 0.25) is 0 Å². The molecule has 0 saturated carbocycles. The van der Waals surface area contributed by atoms with E-state index in [1.54, 1.807) is 12.4 Å². The molecular weight excluding hydrogens is 402 g/mol. The minimum atomic E-state index is -0.274. The second-order valence-corrected chi connectivity index (χ2v) is 8.51. The van der Waals surface area contributed by atoms with Gasteiger partial charge in [0.05, 0.1) is 11.0 Å². The minimum Gasteiger partial charge on any atom is -0.426 e. The van der Waals surface area contributed by atoms with E-state index in [2.05, 4.69) is 35.3 Å². The minimum absolute atomic E-state index is 0.0375. The molecule has 162 valence electrons. The maximum Gasteiger partial charge on any atom is 0.221 e. The van der Waals surface area contributed by atoms with Crippen molar-refractivity contribution in [2.24, 2.45) is 0 Å². The number of anilines is 1. The van der Waals surface area contributed by atoms with Crippen LogP contribution in [0.1, 0.15) is 33.3 Å². The van der Waals surface area contributed by atoms with Crippen LogP contribution in [0, 0.1) is 10.8 Å². The largest absolute Gasteiger partial charge is 0.426 e. The summed E-state index contributed by atoms with van der Waals surface area (Å²) >= 11 is 0. The fourth-order valence-corrected chi connectivity index (χ4v) is 3.69. The SMILES string of the molecule is CC(=N)OC(=N)c1ccccc1-c1nc2cc(-c3cnc(N)nc3)ccc2n1C(C)(C)C. The number of ether oxygens (including phenoxy) is 1. The van der Waals surface area contributed by atoms with Gasteiger partial charge in [-0.3, -0.25) is 10.8 Å². The lowest BCUT2D eigenvalue weighted by atomic mass is 10.0. The van der Waals surface area contributed by atoms with Gasteiger partial charge in [-0.05, 0) is 44.5 Å². The molecule has 0 spiro atoms. The predicted molar refractivity (Wildman–Crippen MR) is 127 cm³/mol. The highest BCUT2D eigenvalue weighted by atomic mass is 16.5. The van der Waals surface area contributed by atoms with Gasteiger partial charge in [0, 0.05) is 41.5 Å². The number of aromatic nitrogens is 4. The zero-order valence-corrected chi connectivity index (χ0v) is 18.5. The van der Waals surface area contributed by atoms with Crippen LogP contribution in [0.25, 0.3) is 33.5 Å². The first kappa shape index (κ1) is 21.2. The normalized spacial score (nSPS) is 11.5. The zero-order valence-electron chi connectivity index (χ0n) is 18.5. The van der Waals surface area contributed by atoms with E-state index in [1.165, 1.54) is 6.92 Å². The number of nitrogen functional groups attached to an aromatic ring is 1. The van der Waals surface area contributed by atoms with Crippen LogP contribution in [-0.2, 0) is 10.3 Å². The maximum atomic E-state index is 8.35. The summed E-state index contributed by atoms with van der Waals surface area (Å²) in [7, 11) is 0. The molecule has 0 atom stereocenters. The quantitative estimate of drug-likeness (QED) is 0.319. The van der Waals surface area contributed by atoms with Gasteiger partial charge in [-0.25, -0.2) is 15.0 Å². The van der Waals surface area contributed by atoms with Crippen LogP contribution in [0.4, 0.5) is 5.95 Å². The van der Waals surface area contributed by atoms with Crippen molar-refractivity contribution in [1.29, 1.82) is 10.8 Å². The summed E-state index contributed by atoms with van der Waals surface area (Å²) in [4.78, 5) is 13.1. The second-order valence-electron chi connectivity index (χ2n) is 8.51. The molecule has 0 unspecified atom stereocenters. The Kier molecular flexibility index (Phi) is 5.22. The first-order valence-electron chi connectivity index (χ1n) is 10.2. The third-order valence-corrected chi connectivity index (χ3v) is 5.00. The molecule has 2 aromatic heterocycles. The third-order valence-electron chi connectivity index (χ3n) is 5.00. The first-order valence-corrected chi connectivity index (χ1v) is 10.2. The van der Waals surface area contributed by atoms with Crippen molar-refractivity contribution in [3.63, 3.8) is 0 Å².